The number of nitrogen functional groups attached to an aromatic ring is 1. The summed E-state index contributed by atoms with van der Waals surface area (Å²) >= 11 is 0. The summed E-state index contributed by atoms with van der Waals surface area (Å²) in [6.45, 7) is 4.00. The van der Waals surface area contributed by atoms with Crippen LogP contribution < -0.4 is 5.73 Å². The molecule has 0 spiro atoms. The van der Waals surface area contributed by atoms with Gasteiger partial charge in [-0.3, -0.25) is 4.98 Å². The number of pyridine rings is 2. The Kier molecular flexibility index (Phi) is 5.01. The molecular formula is C13H13F4N3. The van der Waals surface area contributed by atoms with Crippen LogP contribution in [0.5, 0.6) is 0 Å². The van der Waals surface area contributed by atoms with Crippen molar-refractivity contribution < 1.29 is 17.6 Å². The van der Waals surface area contributed by atoms with Crippen molar-refractivity contribution in [3.05, 3.63) is 42.1 Å². The molecule has 2 heterocycles. The van der Waals surface area contributed by atoms with Gasteiger partial charge >= 0.3 is 6.18 Å². The molecule has 0 aromatic carbocycles. The number of anilines is 1. The van der Waals surface area contributed by atoms with Crippen LogP contribution in [0, 0.1) is 5.82 Å². The zero-order chi connectivity index (χ0) is 15.3. The molecule has 0 saturated heterocycles. The number of aromatic nitrogens is 2. The van der Waals surface area contributed by atoms with Crippen LogP contribution >= 0.6 is 0 Å². The summed E-state index contributed by atoms with van der Waals surface area (Å²) in [7, 11) is 0. The first-order valence-corrected chi connectivity index (χ1v) is 5.82. The summed E-state index contributed by atoms with van der Waals surface area (Å²) in [4.78, 5) is 6.95. The Hall–Kier alpha value is -2.18. The molecule has 0 aliphatic carbocycles. The molecule has 2 rings (SSSR count). The smallest absolute Gasteiger partial charge is 0.397 e. The standard InChI is InChI=1S/C11H7F4N3.C2H6/c12-7-3-6(4-17-5-7)9-2-1-8(16)10(18-9)11(13,14)15;1-2/h1-5H,16H2;1-2H3. The Balaban J connectivity index is 0.000000956. The van der Waals surface area contributed by atoms with E-state index in [-0.39, 0.29) is 11.3 Å². The fourth-order valence-electron chi connectivity index (χ4n) is 1.41. The summed E-state index contributed by atoms with van der Waals surface area (Å²) < 4.78 is 50.7. The highest BCUT2D eigenvalue weighted by molar-refractivity contribution is 5.61. The van der Waals surface area contributed by atoms with Crippen molar-refractivity contribution in [2.45, 2.75) is 20.0 Å². The normalized spacial score (nSPS) is 10.7. The van der Waals surface area contributed by atoms with E-state index in [0.29, 0.717) is 0 Å². The third-order valence-corrected chi connectivity index (χ3v) is 2.20. The lowest BCUT2D eigenvalue weighted by Gasteiger charge is -2.10. The van der Waals surface area contributed by atoms with Crippen LogP contribution in [-0.2, 0) is 6.18 Å². The van der Waals surface area contributed by atoms with Gasteiger partial charge < -0.3 is 5.73 Å². The molecule has 0 atom stereocenters. The maximum Gasteiger partial charge on any atom is 0.435 e. The minimum atomic E-state index is -4.65. The van der Waals surface area contributed by atoms with Gasteiger partial charge in [-0.05, 0) is 18.2 Å². The zero-order valence-electron chi connectivity index (χ0n) is 10.9. The van der Waals surface area contributed by atoms with Crippen molar-refractivity contribution in [1.82, 2.24) is 9.97 Å². The van der Waals surface area contributed by atoms with E-state index < -0.39 is 23.4 Å². The molecule has 2 aromatic rings. The van der Waals surface area contributed by atoms with E-state index in [0.717, 1.165) is 18.3 Å². The quantitative estimate of drug-likeness (QED) is 0.809. The van der Waals surface area contributed by atoms with E-state index in [4.69, 9.17) is 5.73 Å². The summed E-state index contributed by atoms with van der Waals surface area (Å²) in [6.07, 6.45) is -2.48. The Labute approximate surface area is 113 Å². The van der Waals surface area contributed by atoms with Crippen LogP contribution in [0.2, 0.25) is 0 Å². The molecule has 2 N–H and O–H groups in total. The second-order valence-electron chi connectivity index (χ2n) is 3.52. The summed E-state index contributed by atoms with van der Waals surface area (Å²) in [6, 6.07) is 3.41. The second kappa shape index (κ2) is 6.31. The van der Waals surface area contributed by atoms with E-state index >= 15 is 0 Å². The van der Waals surface area contributed by atoms with Crippen LogP contribution in [0.3, 0.4) is 0 Å². The third kappa shape index (κ3) is 3.66. The fraction of sp³-hybridized carbons (Fsp3) is 0.231. The maximum atomic E-state index is 12.9. The minimum Gasteiger partial charge on any atom is -0.397 e. The number of halogens is 4. The molecule has 0 aliphatic rings. The van der Waals surface area contributed by atoms with Crippen LogP contribution in [0.4, 0.5) is 23.2 Å². The molecule has 0 bridgehead atoms. The second-order valence-corrected chi connectivity index (χ2v) is 3.52. The zero-order valence-corrected chi connectivity index (χ0v) is 10.9. The molecule has 2 aromatic heterocycles. The first kappa shape index (κ1) is 15.9. The molecule has 20 heavy (non-hydrogen) atoms. The largest absolute Gasteiger partial charge is 0.435 e. The van der Waals surface area contributed by atoms with Crippen LogP contribution in [-0.4, -0.2) is 9.97 Å². The number of nitrogens with zero attached hydrogens (tertiary/aromatic N) is 2. The predicted octanol–water partition coefficient (Wildman–Crippen LogP) is 3.91. The first-order chi connectivity index (χ1) is 9.38. The van der Waals surface area contributed by atoms with Crippen molar-refractivity contribution in [2.24, 2.45) is 0 Å². The van der Waals surface area contributed by atoms with E-state index in [9.17, 15) is 17.6 Å². The van der Waals surface area contributed by atoms with Gasteiger partial charge in [-0.1, -0.05) is 13.8 Å². The average molecular weight is 287 g/mol. The van der Waals surface area contributed by atoms with E-state index in [2.05, 4.69) is 9.97 Å². The molecule has 0 amide bonds. The third-order valence-electron chi connectivity index (χ3n) is 2.20. The van der Waals surface area contributed by atoms with Crippen LogP contribution in [0.1, 0.15) is 19.5 Å². The van der Waals surface area contributed by atoms with Gasteiger partial charge in [0.15, 0.2) is 5.69 Å². The van der Waals surface area contributed by atoms with E-state index in [1.807, 2.05) is 13.8 Å². The van der Waals surface area contributed by atoms with Gasteiger partial charge in [-0.25, -0.2) is 9.37 Å². The maximum absolute atomic E-state index is 12.9. The molecule has 7 heteroatoms. The van der Waals surface area contributed by atoms with Crippen molar-refractivity contribution in [1.29, 1.82) is 0 Å². The van der Waals surface area contributed by atoms with Crippen LogP contribution in [0.25, 0.3) is 11.3 Å². The van der Waals surface area contributed by atoms with Gasteiger partial charge in [0, 0.05) is 11.8 Å². The molecule has 108 valence electrons. The molecule has 0 radical (unpaired) electrons. The highest BCUT2D eigenvalue weighted by Crippen LogP contribution is 2.33. The van der Waals surface area contributed by atoms with Crippen molar-refractivity contribution >= 4 is 5.69 Å². The van der Waals surface area contributed by atoms with Crippen molar-refractivity contribution in [3.63, 3.8) is 0 Å². The lowest BCUT2D eigenvalue weighted by molar-refractivity contribution is -0.140. The van der Waals surface area contributed by atoms with Gasteiger partial charge in [0.1, 0.15) is 5.82 Å². The monoisotopic (exact) mass is 287 g/mol. The van der Waals surface area contributed by atoms with E-state index in [1.165, 1.54) is 12.3 Å². The molecule has 0 unspecified atom stereocenters. The predicted molar refractivity (Wildman–Crippen MR) is 68.2 cm³/mol. The number of rotatable bonds is 1. The summed E-state index contributed by atoms with van der Waals surface area (Å²) in [5, 5.41) is 0. The van der Waals surface area contributed by atoms with Gasteiger partial charge in [-0.2, -0.15) is 13.2 Å². The van der Waals surface area contributed by atoms with E-state index in [1.54, 1.807) is 0 Å². The molecule has 0 saturated carbocycles. The summed E-state index contributed by atoms with van der Waals surface area (Å²) in [5.74, 6) is -0.653. The number of nitrogens with two attached hydrogens (primary N) is 1. The van der Waals surface area contributed by atoms with Gasteiger partial charge in [-0.15, -0.1) is 0 Å². The molecule has 0 aliphatic heterocycles. The lowest BCUT2D eigenvalue weighted by Crippen LogP contribution is -2.12. The Morgan fingerprint density at radius 3 is 2.30 bits per heavy atom. The van der Waals surface area contributed by atoms with Gasteiger partial charge in [0.25, 0.3) is 0 Å². The SMILES string of the molecule is CC.Nc1ccc(-c2cncc(F)c2)nc1C(F)(F)F. The first-order valence-electron chi connectivity index (χ1n) is 5.82. The number of alkyl halides is 3. The van der Waals surface area contributed by atoms with Crippen molar-refractivity contribution in [3.8, 4) is 11.3 Å². The average Bonchev–Trinajstić information content (AvgIpc) is 2.40. The summed E-state index contributed by atoms with van der Waals surface area (Å²) in [5.41, 5.74) is 3.66. The fourth-order valence-corrected chi connectivity index (χ4v) is 1.41. The van der Waals surface area contributed by atoms with Gasteiger partial charge in [0.05, 0.1) is 17.6 Å². The molecular weight excluding hydrogens is 274 g/mol. The van der Waals surface area contributed by atoms with Crippen molar-refractivity contribution in [2.75, 3.05) is 5.73 Å². The molecule has 3 nitrogen and oxygen atoms in total. The van der Waals surface area contributed by atoms with Gasteiger partial charge in [0.2, 0.25) is 0 Å². The molecule has 0 fully saturated rings. The topological polar surface area (TPSA) is 51.8 Å². The number of hydrogen-bond acceptors (Lipinski definition) is 3. The Morgan fingerprint density at radius 2 is 1.75 bits per heavy atom. The van der Waals surface area contributed by atoms with Crippen LogP contribution in [0.15, 0.2) is 30.6 Å². The Bertz CT molecular complexity index is 582. The highest BCUT2D eigenvalue weighted by Gasteiger charge is 2.35. The number of hydrogen-bond donors (Lipinski definition) is 1. The minimum absolute atomic E-state index is 0.0384. The lowest BCUT2D eigenvalue weighted by atomic mass is 10.1. The Morgan fingerprint density at radius 1 is 1.10 bits per heavy atom. The highest BCUT2D eigenvalue weighted by atomic mass is 19.4.